The Labute approximate surface area is 154 Å². The number of hydrogen-bond donors (Lipinski definition) is 1. The number of esters is 1. The lowest BCUT2D eigenvalue weighted by Crippen LogP contribution is -2.45. The van der Waals surface area contributed by atoms with Crippen molar-refractivity contribution in [2.45, 2.75) is 31.7 Å². The summed E-state index contributed by atoms with van der Waals surface area (Å²) in [7, 11) is 1.35. The highest BCUT2D eigenvalue weighted by atomic mass is 16.5. The van der Waals surface area contributed by atoms with Gasteiger partial charge in [-0.05, 0) is 17.0 Å². The summed E-state index contributed by atoms with van der Waals surface area (Å²) in [5.74, 6) is -0.437. The maximum atomic E-state index is 13.0. The van der Waals surface area contributed by atoms with Crippen LogP contribution in [0, 0.1) is 11.8 Å². The van der Waals surface area contributed by atoms with Gasteiger partial charge in [0.05, 0.1) is 13.0 Å². The summed E-state index contributed by atoms with van der Waals surface area (Å²) in [5, 5.41) is 2.92. The van der Waals surface area contributed by atoms with Gasteiger partial charge in [0, 0.05) is 11.8 Å². The summed E-state index contributed by atoms with van der Waals surface area (Å²) in [4.78, 5) is 25.0. The fourth-order valence-corrected chi connectivity index (χ4v) is 3.69. The molecule has 0 unspecified atom stereocenters. The van der Waals surface area contributed by atoms with E-state index in [0.29, 0.717) is 0 Å². The molecule has 4 heteroatoms. The molecule has 0 aromatic heterocycles. The van der Waals surface area contributed by atoms with Crippen LogP contribution in [0.15, 0.2) is 60.7 Å². The lowest BCUT2D eigenvalue weighted by molar-refractivity contribution is -0.146. The Morgan fingerprint density at radius 3 is 1.73 bits per heavy atom. The molecule has 0 aliphatic heterocycles. The van der Waals surface area contributed by atoms with Gasteiger partial charge in [0.1, 0.15) is 6.04 Å². The number of amides is 1. The van der Waals surface area contributed by atoms with Crippen LogP contribution in [0.3, 0.4) is 0 Å². The smallest absolute Gasteiger partial charge is 0.328 e. The Morgan fingerprint density at radius 1 is 0.885 bits per heavy atom. The maximum Gasteiger partial charge on any atom is 0.328 e. The Morgan fingerprint density at radius 2 is 1.35 bits per heavy atom. The molecule has 136 valence electrons. The van der Waals surface area contributed by atoms with E-state index in [1.165, 1.54) is 7.11 Å². The number of hydrogen-bond acceptors (Lipinski definition) is 3. The molecule has 1 N–H and O–H groups in total. The molecule has 26 heavy (non-hydrogen) atoms. The summed E-state index contributed by atoms with van der Waals surface area (Å²) in [5.41, 5.74) is 2.31. The molecule has 0 spiro atoms. The Hall–Kier alpha value is -2.62. The van der Waals surface area contributed by atoms with Gasteiger partial charge in [-0.2, -0.15) is 0 Å². The minimum absolute atomic E-state index is 0.0319. The fraction of sp³-hybridized carbons (Fsp3) is 0.364. The highest BCUT2D eigenvalue weighted by Crippen LogP contribution is 2.60. The minimum atomic E-state index is -0.624. The summed E-state index contributed by atoms with van der Waals surface area (Å²) in [6.07, 6.45) is 0. The maximum absolute atomic E-state index is 13.0. The van der Waals surface area contributed by atoms with E-state index in [9.17, 15) is 9.59 Å². The van der Waals surface area contributed by atoms with E-state index < -0.39 is 12.0 Å². The first-order valence-corrected chi connectivity index (χ1v) is 9.02. The van der Waals surface area contributed by atoms with Crippen molar-refractivity contribution >= 4 is 11.9 Å². The molecule has 2 aromatic rings. The summed E-state index contributed by atoms with van der Waals surface area (Å²) >= 11 is 0. The van der Waals surface area contributed by atoms with E-state index in [1.54, 1.807) is 0 Å². The van der Waals surface area contributed by atoms with E-state index in [-0.39, 0.29) is 29.6 Å². The van der Waals surface area contributed by atoms with Crippen LogP contribution in [0.2, 0.25) is 0 Å². The van der Waals surface area contributed by atoms with E-state index in [2.05, 4.69) is 29.6 Å². The molecule has 0 bridgehead atoms. The van der Waals surface area contributed by atoms with Gasteiger partial charge in [0.25, 0.3) is 0 Å². The van der Waals surface area contributed by atoms with Crippen molar-refractivity contribution in [3.05, 3.63) is 71.8 Å². The second kappa shape index (κ2) is 7.73. The molecule has 3 atom stereocenters. The zero-order valence-corrected chi connectivity index (χ0v) is 15.4. The number of carbonyl (C=O) groups is 2. The number of nitrogens with one attached hydrogen (secondary N) is 1. The number of methoxy groups -OCH3 is 1. The van der Waals surface area contributed by atoms with Gasteiger partial charge >= 0.3 is 5.97 Å². The van der Waals surface area contributed by atoms with Crippen LogP contribution >= 0.6 is 0 Å². The van der Waals surface area contributed by atoms with Crippen LogP contribution < -0.4 is 5.32 Å². The molecular formula is C22H25NO3. The Kier molecular flexibility index (Phi) is 5.40. The Bertz CT molecular complexity index is 712. The van der Waals surface area contributed by atoms with Crippen LogP contribution in [0.5, 0.6) is 0 Å². The lowest BCUT2D eigenvalue weighted by atomic mass is 10.0. The molecule has 0 radical (unpaired) electrons. The van der Waals surface area contributed by atoms with Gasteiger partial charge in [0.15, 0.2) is 0 Å². The highest BCUT2D eigenvalue weighted by Gasteiger charge is 2.56. The van der Waals surface area contributed by atoms with Gasteiger partial charge < -0.3 is 10.1 Å². The van der Waals surface area contributed by atoms with E-state index in [0.717, 1.165) is 11.1 Å². The van der Waals surface area contributed by atoms with Crippen molar-refractivity contribution in [3.63, 3.8) is 0 Å². The second-order valence-electron chi connectivity index (χ2n) is 7.15. The number of carbonyl (C=O) groups excluding carboxylic acids is 2. The Balaban J connectivity index is 1.84. The average Bonchev–Trinajstić information content (AvgIpc) is 3.42. The molecular weight excluding hydrogens is 326 g/mol. The van der Waals surface area contributed by atoms with E-state index in [1.807, 2.05) is 50.2 Å². The van der Waals surface area contributed by atoms with Gasteiger partial charge in [-0.15, -0.1) is 0 Å². The molecule has 0 saturated heterocycles. The van der Waals surface area contributed by atoms with Crippen molar-refractivity contribution in [3.8, 4) is 0 Å². The van der Waals surface area contributed by atoms with Crippen LogP contribution in [0.25, 0.3) is 0 Å². The molecule has 4 nitrogen and oxygen atoms in total. The molecule has 1 fully saturated rings. The van der Waals surface area contributed by atoms with Crippen molar-refractivity contribution in [2.24, 2.45) is 11.8 Å². The van der Waals surface area contributed by atoms with Crippen molar-refractivity contribution in [1.29, 1.82) is 0 Å². The first-order chi connectivity index (χ1) is 12.5. The van der Waals surface area contributed by atoms with Gasteiger partial charge in [-0.1, -0.05) is 74.5 Å². The van der Waals surface area contributed by atoms with Crippen LogP contribution in [-0.4, -0.2) is 25.0 Å². The lowest BCUT2D eigenvalue weighted by Gasteiger charge is -2.20. The standard InChI is InChI=1S/C22H25NO3/c1-14(2)20(22(25)26-3)23-21(24)19-17(15-10-6-4-7-11-15)18(19)16-12-8-5-9-13-16/h4-14,17-20H,1-3H3,(H,23,24)/t17-,18-,20-/m0/s1. The molecule has 1 aliphatic rings. The number of rotatable bonds is 6. The van der Waals surface area contributed by atoms with Crippen LogP contribution in [-0.2, 0) is 14.3 Å². The minimum Gasteiger partial charge on any atom is -0.467 e. The van der Waals surface area contributed by atoms with Crippen molar-refractivity contribution in [1.82, 2.24) is 5.32 Å². The monoisotopic (exact) mass is 351 g/mol. The molecule has 1 saturated carbocycles. The molecule has 2 aromatic carbocycles. The van der Waals surface area contributed by atoms with Crippen LogP contribution in [0.4, 0.5) is 0 Å². The second-order valence-corrected chi connectivity index (χ2v) is 7.15. The number of ether oxygens (including phenoxy) is 1. The first-order valence-electron chi connectivity index (χ1n) is 9.02. The highest BCUT2D eigenvalue weighted by molar-refractivity contribution is 5.89. The van der Waals surface area contributed by atoms with Gasteiger partial charge in [0.2, 0.25) is 5.91 Å². The van der Waals surface area contributed by atoms with Gasteiger partial charge in [-0.25, -0.2) is 4.79 Å². The van der Waals surface area contributed by atoms with E-state index >= 15 is 0 Å². The number of benzene rings is 2. The zero-order chi connectivity index (χ0) is 18.7. The summed E-state index contributed by atoms with van der Waals surface area (Å²) in [6, 6.07) is 19.6. The normalized spacial score (nSPS) is 22.5. The molecule has 1 amide bonds. The largest absolute Gasteiger partial charge is 0.467 e. The first kappa shape index (κ1) is 18.2. The third-order valence-electron chi connectivity index (χ3n) is 5.11. The summed E-state index contributed by atoms with van der Waals surface area (Å²) < 4.78 is 4.84. The predicted octanol–water partition coefficient (Wildman–Crippen LogP) is 3.50. The van der Waals surface area contributed by atoms with Crippen LogP contribution in [0.1, 0.15) is 36.8 Å². The molecule has 0 heterocycles. The predicted molar refractivity (Wildman–Crippen MR) is 101 cm³/mol. The topological polar surface area (TPSA) is 55.4 Å². The third kappa shape index (κ3) is 3.64. The fourth-order valence-electron chi connectivity index (χ4n) is 3.69. The quantitative estimate of drug-likeness (QED) is 0.811. The van der Waals surface area contributed by atoms with E-state index in [4.69, 9.17) is 4.74 Å². The molecule has 3 rings (SSSR count). The van der Waals surface area contributed by atoms with Crippen molar-refractivity contribution in [2.75, 3.05) is 7.11 Å². The SMILES string of the molecule is COC(=O)[C@@H](NC(=O)C1[C@@H](c2ccccc2)[C@@H]1c1ccccc1)C(C)C. The molecule has 1 aliphatic carbocycles. The third-order valence-corrected chi connectivity index (χ3v) is 5.11. The summed E-state index contributed by atoms with van der Waals surface area (Å²) in [6.45, 7) is 3.80. The van der Waals surface area contributed by atoms with Gasteiger partial charge in [-0.3, -0.25) is 4.79 Å². The zero-order valence-electron chi connectivity index (χ0n) is 15.4. The average molecular weight is 351 g/mol. The van der Waals surface area contributed by atoms with Crippen molar-refractivity contribution < 1.29 is 14.3 Å².